The Morgan fingerprint density at radius 2 is 1.73 bits per heavy atom. The van der Waals surface area contributed by atoms with Gasteiger partial charge in [-0.05, 0) is 26.3 Å². The van der Waals surface area contributed by atoms with E-state index in [9.17, 15) is 18.0 Å². The third-order valence-corrected chi connectivity index (χ3v) is 4.10. The first-order valence-electron chi connectivity index (χ1n) is 7.79. The van der Waals surface area contributed by atoms with E-state index in [2.05, 4.69) is 6.58 Å². The number of benzene rings is 1. The fourth-order valence-corrected chi connectivity index (χ4v) is 2.72. The maximum Gasteiger partial charge on any atom is 0.389 e. The summed E-state index contributed by atoms with van der Waals surface area (Å²) in [4.78, 5) is 12.1. The molecule has 2 aliphatic rings. The highest BCUT2D eigenvalue weighted by Gasteiger charge is 2.43. The highest BCUT2D eigenvalue weighted by atomic mass is 19.4. The van der Waals surface area contributed by atoms with E-state index in [1.165, 1.54) is 19.9 Å². The molecule has 9 heteroatoms. The Morgan fingerprint density at radius 1 is 1.12 bits per heavy atom. The summed E-state index contributed by atoms with van der Waals surface area (Å²) >= 11 is 0. The highest BCUT2D eigenvalue weighted by molar-refractivity contribution is 5.87. The zero-order chi connectivity index (χ0) is 19.1. The van der Waals surface area contributed by atoms with Crippen molar-refractivity contribution >= 4 is 5.97 Å². The molecule has 1 atom stereocenters. The Hall–Kier alpha value is -2.58. The van der Waals surface area contributed by atoms with E-state index in [0.29, 0.717) is 5.75 Å². The number of ether oxygens (including phenoxy) is 5. The summed E-state index contributed by atoms with van der Waals surface area (Å²) in [5.74, 6) is 0.188. The average Bonchev–Trinajstić information content (AvgIpc) is 3.19. The maximum atomic E-state index is 12.8. The first kappa shape index (κ1) is 18.2. The lowest BCUT2D eigenvalue weighted by Gasteiger charge is -2.31. The first-order valence-corrected chi connectivity index (χ1v) is 7.79. The van der Waals surface area contributed by atoms with Crippen LogP contribution >= 0.6 is 0 Å². The number of rotatable bonds is 5. The quantitative estimate of drug-likeness (QED) is 0.577. The van der Waals surface area contributed by atoms with Crippen LogP contribution in [0.5, 0.6) is 23.0 Å². The number of halogens is 3. The molecule has 0 spiro atoms. The van der Waals surface area contributed by atoms with E-state index < -0.39 is 30.6 Å². The standard InChI is InChI=1S/C17H17F3O6/c1-9(2)15(21)26-16(3,4-5-17(18,19)20)10-6-11-13(24-7-22-11)14-12(10)23-8-25-14/h6H,1,4-5,7-8H2,2-3H3. The number of hydrogen-bond acceptors (Lipinski definition) is 6. The lowest BCUT2D eigenvalue weighted by molar-refractivity contribution is -0.167. The number of fused-ring (bicyclic) bond motifs is 3. The Balaban J connectivity index is 2.06. The van der Waals surface area contributed by atoms with Crippen LogP contribution in [0.3, 0.4) is 0 Å². The van der Waals surface area contributed by atoms with Crippen LogP contribution in [0.25, 0.3) is 0 Å². The van der Waals surface area contributed by atoms with E-state index in [-0.39, 0.29) is 42.0 Å². The number of carbonyl (C=O) groups is 1. The predicted octanol–water partition coefficient (Wildman–Crippen LogP) is 3.82. The minimum absolute atomic E-state index is 0.0561. The summed E-state index contributed by atoms with van der Waals surface area (Å²) in [6, 6.07) is 1.46. The summed E-state index contributed by atoms with van der Waals surface area (Å²) in [5, 5.41) is 0. The Bertz CT molecular complexity index is 758. The van der Waals surface area contributed by atoms with Gasteiger partial charge in [0.05, 0.1) is 0 Å². The molecular weight excluding hydrogens is 357 g/mol. The summed E-state index contributed by atoms with van der Waals surface area (Å²) in [7, 11) is 0. The van der Waals surface area contributed by atoms with Crippen LogP contribution in [0.15, 0.2) is 18.2 Å². The van der Waals surface area contributed by atoms with Gasteiger partial charge in [0.25, 0.3) is 0 Å². The molecule has 0 saturated carbocycles. The number of carbonyl (C=O) groups excluding carboxylic acids is 1. The van der Waals surface area contributed by atoms with Gasteiger partial charge in [-0.3, -0.25) is 0 Å². The predicted molar refractivity (Wildman–Crippen MR) is 82.2 cm³/mol. The molecule has 0 aliphatic carbocycles. The van der Waals surface area contributed by atoms with Crippen molar-refractivity contribution in [2.75, 3.05) is 13.6 Å². The lowest BCUT2D eigenvalue weighted by Crippen LogP contribution is -2.31. The maximum absolute atomic E-state index is 12.8. The molecule has 0 amide bonds. The van der Waals surface area contributed by atoms with Crippen LogP contribution in [-0.2, 0) is 15.1 Å². The zero-order valence-electron chi connectivity index (χ0n) is 14.2. The van der Waals surface area contributed by atoms with Gasteiger partial charge in [-0.2, -0.15) is 13.2 Å². The van der Waals surface area contributed by atoms with Gasteiger partial charge in [0.1, 0.15) is 5.60 Å². The smallest absolute Gasteiger partial charge is 0.389 e. The Labute approximate surface area is 147 Å². The van der Waals surface area contributed by atoms with Crippen molar-refractivity contribution in [2.24, 2.45) is 0 Å². The number of alkyl halides is 3. The van der Waals surface area contributed by atoms with Crippen molar-refractivity contribution in [1.82, 2.24) is 0 Å². The minimum atomic E-state index is -4.42. The van der Waals surface area contributed by atoms with Crippen LogP contribution < -0.4 is 18.9 Å². The molecule has 3 rings (SSSR count). The molecular formula is C17H17F3O6. The SMILES string of the molecule is C=C(C)C(=O)OC(C)(CCC(F)(F)F)c1cc2c(c3c1OCO3)OCO2. The van der Waals surface area contributed by atoms with Crippen LogP contribution in [0.1, 0.15) is 32.3 Å². The van der Waals surface area contributed by atoms with Crippen molar-refractivity contribution < 1.29 is 41.7 Å². The van der Waals surface area contributed by atoms with E-state index in [1.54, 1.807) is 0 Å². The second-order valence-corrected chi connectivity index (χ2v) is 6.24. The van der Waals surface area contributed by atoms with Crippen LogP contribution in [0.2, 0.25) is 0 Å². The van der Waals surface area contributed by atoms with Gasteiger partial charge in [0, 0.05) is 17.6 Å². The highest BCUT2D eigenvalue weighted by Crippen LogP contribution is 2.55. The molecule has 0 radical (unpaired) electrons. The van der Waals surface area contributed by atoms with Gasteiger partial charge in [-0.25, -0.2) is 4.79 Å². The number of hydrogen-bond donors (Lipinski definition) is 0. The normalized spacial score (nSPS) is 17.0. The molecule has 26 heavy (non-hydrogen) atoms. The Kier molecular flexibility index (Phi) is 4.41. The van der Waals surface area contributed by atoms with Gasteiger partial charge in [-0.15, -0.1) is 0 Å². The molecule has 0 bridgehead atoms. The molecule has 0 aromatic heterocycles. The van der Waals surface area contributed by atoms with Crippen LogP contribution in [0.4, 0.5) is 13.2 Å². The van der Waals surface area contributed by atoms with E-state index in [0.717, 1.165) is 0 Å². The second-order valence-electron chi connectivity index (χ2n) is 6.24. The van der Waals surface area contributed by atoms with E-state index >= 15 is 0 Å². The third-order valence-electron chi connectivity index (χ3n) is 4.10. The summed E-state index contributed by atoms with van der Waals surface area (Å²) < 4.78 is 65.3. The monoisotopic (exact) mass is 374 g/mol. The first-order chi connectivity index (χ1) is 12.1. The van der Waals surface area contributed by atoms with E-state index in [4.69, 9.17) is 23.7 Å². The fourth-order valence-electron chi connectivity index (χ4n) is 2.72. The van der Waals surface area contributed by atoms with Gasteiger partial charge in [0.15, 0.2) is 11.5 Å². The average molecular weight is 374 g/mol. The van der Waals surface area contributed by atoms with Crippen molar-refractivity contribution in [3.05, 3.63) is 23.8 Å². The molecule has 2 aliphatic heterocycles. The molecule has 0 fully saturated rings. The van der Waals surface area contributed by atoms with Gasteiger partial charge in [0.2, 0.25) is 25.1 Å². The van der Waals surface area contributed by atoms with Gasteiger partial charge >= 0.3 is 12.1 Å². The largest absolute Gasteiger partial charge is 0.453 e. The molecule has 0 saturated heterocycles. The van der Waals surface area contributed by atoms with Gasteiger partial charge in [-0.1, -0.05) is 6.58 Å². The van der Waals surface area contributed by atoms with Crippen LogP contribution in [0, 0.1) is 0 Å². The molecule has 1 aromatic carbocycles. The number of esters is 1. The van der Waals surface area contributed by atoms with Crippen molar-refractivity contribution in [2.45, 2.75) is 38.5 Å². The molecule has 6 nitrogen and oxygen atoms in total. The second kappa shape index (κ2) is 6.30. The fraction of sp³-hybridized carbons (Fsp3) is 0.471. The zero-order valence-corrected chi connectivity index (χ0v) is 14.2. The molecule has 142 valence electrons. The molecule has 0 N–H and O–H groups in total. The van der Waals surface area contributed by atoms with E-state index in [1.807, 2.05) is 0 Å². The third kappa shape index (κ3) is 3.38. The summed E-state index contributed by atoms with van der Waals surface area (Å²) in [5.41, 5.74) is -1.35. The molecule has 1 aromatic rings. The van der Waals surface area contributed by atoms with Crippen molar-refractivity contribution in [1.29, 1.82) is 0 Å². The van der Waals surface area contributed by atoms with Crippen molar-refractivity contribution in [3.8, 4) is 23.0 Å². The molecule has 2 heterocycles. The van der Waals surface area contributed by atoms with Crippen molar-refractivity contribution in [3.63, 3.8) is 0 Å². The molecule has 1 unspecified atom stereocenters. The topological polar surface area (TPSA) is 63.2 Å². The Morgan fingerprint density at radius 3 is 2.38 bits per heavy atom. The minimum Gasteiger partial charge on any atom is -0.453 e. The summed E-state index contributed by atoms with van der Waals surface area (Å²) in [6.07, 6.45) is -6.09. The lowest BCUT2D eigenvalue weighted by atomic mass is 9.89. The van der Waals surface area contributed by atoms with Gasteiger partial charge < -0.3 is 23.7 Å². The van der Waals surface area contributed by atoms with Crippen LogP contribution in [-0.4, -0.2) is 25.7 Å². The summed E-state index contributed by atoms with van der Waals surface area (Å²) in [6.45, 7) is 6.09.